The van der Waals surface area contributed by atoms with Crippen molar-refractivity contribution in [2.75, 3.05) is 6.54 Å². The van der Waals surface area contributed by atoms with Crippen LogP contribution in [0.3, 0.4) is 0 Å². The summed E-state index contributed by atoms with van der Waals surface area (Å²) in [7, 11) is 0. The molecule has 1 saturated heterocycles. The van der Waals surface area contributed by atoms with E-state index in [0.717, 1.165) is 9.80 Å². The molecule has 2 aliphatic rings. The van der Waals surface area contributed by atoms with Gasteiger partial charge in [0.1, 0.15) is 5.82 Å². The van der Waals surface area contributed by atoms with Crippen LogP contribution in [0.4, 0.5) is 4.39 Å². The van der Waals surface area contributed by atoms with Crippen LogP contribution in [0.2, 0.25) is 0 Å². The number of imide groups is 2. The molecule has 1 atom stereocenters. The van der Waals surface area contributed by atoms with Crippen molar-refractivity contribution in [2.24, 2.45) is 0 Å². The molecule has 4 amide bonds. The fraction of sp³-hybridized carbons (Fsp3) is 0.238. The Morgan fingerprint density at radius 2 is 1.72 bits per heavy atom. The van der Waals surface area contributed by atoms with Crippen LogP contribution in [0.15, 0.2) is 46.9 Å². The highest BCUT2D eigenvalue weighted by atomic mass is 79.9. The standard InChI is InChI=1S/C21H16BrFN2O4/c1-2-24-17(26)10-21(19(24)28)15-6-4-3-5-14(15)18(27)25(20(21)29)11-12-7-8-13(22)9-16(12)23/h3-9H,2,10-11H2,1H3. The van der Waals surface area contributed by atoms with E-state index in [-0.39, 0.29) is 36.2 Å². The number of fused-ring (bicyclic) bond motifs is 2. The van der Waals surface area contributed by atoms with Crippen LogP contribution in [0.5, 0.6) is 0 Å². The van der Waals surface area contributed by atoms with Gasteiger partial charge in [0.25, 0.3) is 11.8 Å². The van der Waals surface area contributed by atoms with Gasteiger partial charge in [0.05, 0.1) is 13.0 Å². The van der Waals surface area contributed by atoms with Gasteiger partial charge >= 0.3 is 0 Å². The van der Waals surface area contributed by atoms with E-state index in [1.807, 2.05) is 0 Å². The van der Waals surface area contributed by atoms with Gasteiger partial charge in [-0.15, -0.1) is 0 Å². The second kappa shape index (κ2) is 6.88. The van der Waals surface area contributed by atoms with E-state index in [4.69, 9.17) is 0 Å². The average molecular weight is 459 g/mol. The molecule has 1 fully saturated rings. The Kier molecular flexibility index (Phi) is 4.61. The summed E-state index contributed by atoms with van der Waals surface area (Å²) in [5.74, 6) is -3.11. The van der Waals surface area contributed by atoms with Crippen LogP contribution in [-0.2, 0) is 26.3 Å². The third-order valence-electron chi connectivity index (χ3n) is 5.46. The summed E-state index contributed by atoms with van der Waals surface area (Å²) >= 11 is 3.17. The van der Waals surface area contributed by atoms with E-state index >= 15 is 0 Å². The largest absolute Gasteiger partial charge is 0.282 e. The normalized spacial score (nSPS) is 21.3. The van der Waals surface area contributed by atoms with Gasteiger partial charge in [-0.1, -0.05) is 40.2 Å². The maximum atomic E-state index is 14.4. The van der Waals surface area contributed by atoms with Gasteiger partial charge in [-0.25, -0.2) is 4.39 Å². The summed E-state index contributed by atoms with van der Waals surface area (Å²) < 4.78 is 14.9. The summed E-state index contributed by atoms with van der Waals surface area (Å²) in [6.45, 7) is 1.44. The zero-order valence-electron chi connectivity index (χ0n) is 15.4. The van der Waals surface area contributed by atoms with Gasteiger partial charge in [0.15, 0.2) is 5.41 Å². The second-order valence-electron chi connectivity index (χ2n) is 7.00. The Morgan fingerprint density at radius 3 is 2.38 bits per heavy atom. The van der Waals surface area contributed by atoms with Crippen LogP contribution in [0.1, 0.15) is 34.8 Å². The minimum Gasteiger partial charge on any atom is -0.282 e. The van der Waals surface area contributed by atoms with E-state index in [1.54, 1.807) is 25.1 Å². The molecule has 0 N–H and O–H groups in total. The molecule has 0 saturated carbocycles. The first kappa shape index (κ1) is 19.4. The fourth-order valence-corrected chi connectivity index (χ4v) is 4.36. The number of likely N-dealkylation sites (tertiary alicyclic amines) is 1. The number of carbonyl (C=O) groups excluding carboxylic acids is 4. The number of likely N-dealkylation sites (N-methyl/N-ethyl adjacent to an activating group) is 1. The summed E-state index contributed by atoms with van der Waals surface area (Å²) in [6.07, 6.45) is -0.345. The van der Waals surface area contributed by atoms with E-state index in [2.05, 4.69) is 15.9 Å². The second-order valence-corrected chi connectivity index (χ2v) is 7.92. The predicted octanol–water partition coefficient (Wildman–Crippen LogP) is 2.79. The minimum absolute atomic E-state index is 0.129. The molecular weight excluding hydrogens is 443 g/mol. The van der Waals surface area contributed by atoms with Crippen LogP contribution in [0, 0.1) is 5.82 Å². The van der Waals surface area contributed by atoms with E-state index in [1.165, 1.54) is 24.3 Å². The molecule has 2 aromatic carbocycles. The first-order chi connectivity index (χ1) is 13.8. The molecule has 4 rings (SSSR count). The number of rotatable bonds is 3. The summed E-state index contributed by atoms with van der Waals surface area (Å²) in [4.78, 5) is 54.1. The zero-order valence-corrected chi connectivity index (χ0v) is 17.0. The van der Waals surface area contributed by atoms with Crippen molar-refractivity contribution in [1.82, 2.24) is 9.80 Å². The molecule has 29 heavy (non-hydrogen) atoms. The summed E-state index contributed by atoms with van der Waals surface area (Å²) in [5, 5.41) is 0. The van der Waals surface area contributed by atoms with Crippen LogP contribution in [-0.4, -0.2) is 40.0 Å². The molecule has 148 valence electrons. The summed E-state index contributed by atoms with van der Waals surface area (Å²) in [5.41, 5.74) is -1.25. The average Bonchev–Trinajstić information content (AvgIpc) is 2.96. The Morgan fingerprint density at radius 1 is 1.03 bits per heavy atom. The van der Waals surface area contributed by atoms with Gasteiger partial charge in [-0.2, -0.15) is 0 Å². The van der Waals surface area contributed by atoms with Crippen molar-refractivity contribution >= 4 is 39.6 Å². The van der Waals surface area contributed by atoms with Crippen molar-refractivity contribution in [3.05, 3.63) is 69.4 Å². The fourth-order valence-electron chi connectivity index (χ4n) is 4.03. The molecule has 2 heterocycles. The van der Waals surface area contributed by atoms with Gasteiger partial charge in [0, 0.05) is 22.1 Å². The highest BCUT2D eigenvalue weighted by molar-refractivity contribution is 9.10. The highest BCUT2D eigenvalue weighted by Gasteiger charge is 2.62. The number of benzene rings is 2. The Balaban J connectivity index is 1.86. The van der Waals surface area contributed by atoms with Gasteiger partial charge < -0.3 is 0 Å². The number of carbonyl (C=O) groups is 4. The van der Waals surface area contributed by atoms with E-state index in [9.17, 15) is 23.6 Å². The Bertz CT molecular complexity index is 1090. The third-order valence-corrected chi connectivity index (χ3v) is 5.95. The van der Waals surface area contributed by atoms with Crippen molar-refractivity contribution in [3.63, 3.8) is 0 Å². The van der Waals surface area contributed by atoms with E-state index in [0.29, 0.717) is 4.47 Å². The maximum absolute atomic E-state index is 14.4. The van der Waals surface area contributed by atoms with Crippen molar-refractivity contribution < 1.29 is 23.6 Å². The molecular formula is C21H16BrFN2O4. The smallest absolute Gasteiger partial charge is 0.261 e. The topological polar surface area (TPSA) is 74.8 Å². The van der Waals surface area contributed by atoms with Gasteiger partial charge in [-0.3, -0.25) is 29.0 Å². The zero-order chi connectivity index (χ0) is 20.9. The molecule has 0 aromatic heterocycles. The van der Waals surface area contributed by atoms with Crippen LogP contribution in [0.25, 0.3) is 0 Å². The lowest BCUT2D eigenvalue weighted by atomic mass is 9.72. The number of amides is 4. The third kappa shape index (κ3) is 2.73. The number of hydrogen-bond acceptors (Lipinski definition) is 4. The lowest BCUT2D eigenvalue weighted by Crippen LogP contribution is -2.57. The molecule has 6 nitrogen and oxygen atoms in total. The van der Waals surface area contributed by atoms with Crippen LogP contribution >= 0.6 is 15.9 Å². The lowest BCUT2D eigenvalue weighted by Gasteiger charge is -2.37. The predicted molar refractivity (Wildman–Crippen MR) is 104 cm³/mol. The molecule has 1 unspecified atom stereocenters. The highest BCUT2D eigenvalue weighted by Crippen LogP contribution is 2.43. The van der Waals surface area contributed by atoms with Crippen LogP contribution < -0.4 is 0 Å². The number of halogens is 2. The Labute approximate surface area is 174 Å². The van der Waals surface area contributed by atoms with Gasteiger partial charge in [-0.05, 0) is 30.7 Å². The van der Waals surface area contributed by atoms with Gasteiger partial charge in [0.2, 0.25) is 11.8 Å². The number of hydrogen-bond donors (Lipinski definition) is 0. The molecule has 2 aromatic rings. The molecule has 1 spiro atoms. The molecule has 8 heteroatoms. The first-order valence-electron chi connectivity index (χ1n) is 9.05. The van der Waals surface area contributed by atoms with Crippen molar-refractivity contribution in [2.45, 2.75) is 25.3 Å². The van der Waals surface area contributed by atoms with E-state index < -0.39 is 34.9 Å². The van der Waals surface area contributed by atoms with Crippen molar-refractivity contribution in [3.8, 4) is 0 Å². The lowest BCUT2D eigenvalue weighted by molar-refractivity contribution is -0.145. The monoisotopic (exact) mass is 458 g/mol. The minimum atomic E-state index is -1.79. The first-order valence-corrected chi connectivity index (χ1v) is 9.85. The van der Waals surface area contributed by atoms with Crippen molar-refractivity contribution in [1.29, 1.82) is 0 Å². The maximum Gasteiger partial charge on any atom is 0.261 e. The molecule has 0 aliphatic carbocycles. The Hall–Kier alpha value is -2.87. The number of nitrogens with zero attached hydrogens (tertiary/aromatic N) is 2. The molecule has 2 aliphatic heterocycles. The summed E-state index contributed by atoms with van der Waals surface area (Å²) in [6, 6.07) is 10.6. The SMILES string of the molecule is CCN1C(=O)CC2(C1=O)C(=O)N(Cc1ccc(Br)cc1F)C(=O)c1ccccc12. The quantitative estimate of drug-likeness (QED) is 0.523. The molecule has 0 bridgehead atoms. The molecule has 0 radical (unpaired) electrons.